The zero-order chi connectivity index (χ0) is 12.7. The molecule has 1 unspecified atom stereocenters. The van der Waals surface area contributed by atoms with Crippen molar-refractivity contribution >= 4 is 0 Å². The first kappa shape index (κ1) is 14.9. The molecule has 0 amide bonds. The summed E-state index contributed by atoms with van der Waals surface area (Å²) in [6.07, 6.45) is 5.31. The largest absolute Gasteiger partial charge is 0.316 e. The van der Waals surface area contributed by atoms with Crippen molar-refractivity contribution in [1.29, 1.82) is 0 Å². The van der Waals surface area contributed by atoms with Crippen molar-refractivity contribution in [2.24, 2.45) is 5.92 Å². The van der Waals surface area contributed by atoms with Crippen LogP contribution in [0.4, 0.5) is 0 Å². The first-order chi connectivity index (χ1) is 8.15. The van der Waals surface area contributed by atoms with Gasteiger partial charge in [0.1, 0.15) is 0 Å². The molecule has 0 aromatic heterocycles. The molecule has 0 aliphatic carbocycles. The molecule has 1 fully saturated rings. The van der Waals surface area contributed by atoms with Crippen LogP contribution < -0.4 is 5.32 Å². The molecule has 1 saturated heterocycles. The fraction of sp³-hybridized carbons (Fsp3) is 1.00. The molecule has 1 heterocycles. The second-order valence-electron chi connectivity index (χ2n) is 5.74. The van der Waals surface area contributed by atoms with Gasteiger partial charge in [0.15, 0.2) is 0 Å². The summed E-state index contributed by atoms with van der Waals surface area (Å²) in [7, 11) is 6.60. The molecule has 102 valence electrons. The minimum absolute atomic E-state index is 0.663. The molecule has 17 heavy (non-hydrogen) atoms. The van der Waals surface area contributed by atoms with Gasteiger partial charge in [0.25, 0.3) is 0 Å². The summed E-state index contributed by atoms with van der Waals surface area (Å²) in [6, 6.07) is 0.663. The standard InChI is InChI=1S/C14H31N3/c1-5-6-14(15-2)12-17(4)11-13-7-9-16(3)10-8-13/h13-15H,5-12H2,1-4H3. The number of hydrogen-bond acceptors (Lipinski definition) is 3. The van der Waals surface area contributed by atoms with Crippen LogP contribution in [-0.2, 0) is 0 Å². The molecule has 1 aliphatic rings. The zero-order valence-corrected chi connectivity index (χ0v) is 12.2. The number of nitrogens with zero attached hydrogens (tertiary/aromatic N) is 2. The molecule has 0 spiro atoms. The third-order valence-electron chi connectivity index (χ3n) is 3.99. The Kier molecular flexibility index (Phi) is 7.09. The molecule has 0 aromatic rings. The number of nitrogens with one attached hydrogen (secondary N) is 1. The molecule has 1 aliphatic heterocycles. The molecule has 0 aromatic carbocycles. The average Bonchev–Trinajstić information content (AvgIpc) is 2.31. The number of piperidine rings is 1. The van der Waals surface area contributed by atoms with E-state index in [0.717, 1.165) is 5.92 Å². The molecule has 3 heteroatoms. The maximum absolute atomic E-state index is 3.43. The predicted octanol–water partition coefficient (Wildman–Crippen LogP) is 1.65. The van der Waals surface area contributed by atoms with Gasteiger partial charge < -0.3 is 15.1 Å². The summed E-state index contributed by atoms with van der Waals surface area (Å²) in [5.74, 6) is 0.912. The Balaban J connectivity index is 2.21. The van der Waals surface area contributed by atoms with E-state index in [4.69, 9.17) is 0 Å². The van der Waals surface area contributed by atoms with Crippen LogP contribution in [0.1, 0.15) is 32.6 Å². The van der Waals surface area contributed by atoms with Gasteiger partial charge in [-0.05, 0) is 59.4 Å². The van der Waals surface area contributed by atoms with Crippen LogP contribution in [0.2, 0.25) is 0 Å². The highest BCUT2D eigenvalue weighted by Gasteiger charge is 2.19. The first-order valence-electron chi connectivity index (χ1n) is 7.20. The lowest BCUT2D eigenvalue weighted by atomic mass is 9.96. The molecule has 1 rings (SSSR count). The molecule has 1 N–H and O–H groups in total. The third kappa shape index (κ3) is 5.84. The normalized spacial score (nSPS) is 21.0. The Morgan fingerprint density at radius 1 is 1.35 bits per heavy atom. The Hall–Kier alpha value is -0.120. The van der Waals surface area contributed by atoms with Gasteiger partial charge in [-0.3, -0.25) is 0 Å². The summed E-state index contributed by atoms with van der Waals surface area (Å²) >= 11 is 0. The number of likely N-dealkylation sites (tertiary alicyclic amines) is 1. The highest BCUT2D eigenvalue weighted by Crippen LogP contribution is 2.16. The zero-order valence-electron chi connectivity index (χ0n) is 12.2. The van der Waals surface area contributed by atoms with Crippen LogP contribution in [0.5, 0.6) is 0 Å². The summed E-state index contributed by atoms with van der Waals surface area (Å²) < 4.78 is 0. The minimum atomic E-state index is 0.663. The second-order valence-corrected chi connectivity index (χ2v) is 5.74. The van der Waals surface area contributed by atoms with E-state index in [-0.39, 0.29) is 0 Å². The van der Waals surface area contributed by atoms with Crippen LogP contribution in [0.3, 0.4) is 0 Å². The number of likely N-dealkylation sites (N-methyl/N-ethyl adjacent to an activating group) is 2. The molecule has 0 bridgehead atoms. The molecule has 0 saturated carbocycles. The van der Waals surface area contributed by atoms with Crippen molar-refractivity contribution < 1.29 is 0 Å². The van der Waals surface area contributed by atoms with Crippen LogP contribution in [0.15, 0.2) is 0 Å². The van der Waals surface area contributed by atoms with E-state index < -0.39 is 0 Å². The summed E-state index contributed by atoms with van der Waals surface area (Å²) in [6.45, 7) is 7.29. The summed E-state index contributed by atoms with van der Waals surface area (Å²) in [5, 5.41) is 3.43. The van der Waals surface area contributed by atoms with E-state index in [0.29, 0.717) is 6.04 Å². The Morgan fingerprint density at radius 2 is 2.00 bits per heavy atom. The summed E-state index contributed by atoms with van der Waals surface area (Å²) in [4.78, 5) is 4.97. The monoisotopic (exact) mass is 241 g/mol. The van der Waals surface area contributed by atoms with Crippen LogP contribution in [0.25, 0.3) is 0 Å². The predicted molar refractivity (Wildman–Crippen MR) is 75.5 cm³/mol. The van der Waals surface area contributed by atoms with E-state index in [2.05, 4.69) is 43.2 Å². The van der Waals surface area contributed by atoms with Gasteiger partial charge in [0.05, 0.1) is 0 Å². The number of rotatable bonds is 7. The lowest BCUT2D eigenvalue weighted by molar-refractivity contribution is 0.169. The van der Waals surface area contributed by atoms with Crippen LogP contribution in [0, 0.1) is 5.92 Å². The fourth-order valence-corrected chi connectivity index (χ4v) is 2.81. The molecular formula is C14H31N3. The van der Waals surface area contributed by atoms with Crippen LogP contribution >= 0.6 is 0 Å². The van der Waals surface area contributed by atoms with Crippen molar-refractivity contribution in [3.63, 3.8) is 0 Å². The van der Waals surface area contributed by atoms with Gasteiger partial charge in [-0.25, -0.2) is 0 Å². The third-order valence-corrected chi connectivity index (χ3v) is 3.99. The van der Waals surface area contributed by atoms with Gasteiger partial charge in [0, 0.05) is 19.1 Å². The Morgan fingerprint density at radius 3 is 2.53 bits per heavy atom. The highest BCUT2D eigenvalue weighted by molar-refractivity contribution is 4.75. The van der Waals surface area contributed by atoms with Crippen molar-refractivity contribution in [1.82, 2.24) is 15.1 Å². The Labute approximate surface area is 108 Å². The number of hydrogen-bond donors (Lipinski definition) is 1. The van der Waals surface area contributed by atoms with Gasteiger partial charge >= 0.3 is 0 Å². The van der Waals surface area contributed by atoms with E-state index in [1.165, 1.54) is 51.9 Å². The van der Waals surface area contributed by atoms with Crippen molar-refractivity contribution in [2.45, 2.75) is 38.6 Å². The lowest BCUT2D eigenvalue weighted by Gasteiger charge is -2.32. The van der Waals surface area contributed by atoms with Gasteiger partial charge in [-0.15, -0.1) is 0 Å². The lowest BCUT2D eigenvalue weighted by Crippen LogP contribution is -2.41. The quantitative estimate of drug-likeness (QED) is 0.731. The molecule has 0 radical (unpaired) electrons. The van der Waals surface area contributed by atoms with Gasteiger partial charge in [-0.2, -0.15) is 0 Å². The van der Waals surface area contributed by atoms with E-state index in [9.17, 15) is 0 Å². The van der Waals surface area contributed by atoms with Crippen molar-refractivity contribution in [3.05, 3.63) is 0 Å². The SMILES string of the molecule is CCCC(CN(C)CC1CCN(C)CC1)NC. The molecule has 1 atom stereocenters. The maximum Gasteiger partial charge on any atom is 0.0191 e. The van der Waals surface area contributed by atoms with E-state index in [1.807, 2.05) is 0 Å². The van der Waals surface area contributed by atoms with E-state index >= 15 is 0 Å². The summed E-state index contributed by atoms with van der Waals surface area (Å²) in [5.41, 5.74) is 0. The minimum Gasteiger partial charge on any atom is -0.316 e. The average molecular weight is 241 g/mol. The Bertz CT molecular complexity index is 188. The van der Waals surface area contributed by atoms with E-state index in [1.54, 1.807) is 0 Å². The van der Waals surface area contributed by atoms with Gasteiger partial charge in [-0.1, -0.05) is 13.3 Å². The molecule has 3 nitrogen and oxygen atoms in total. The first-order valence-corrected chi connectivity index (χ1v) is 7.20. The van der Waals surface area contributed by atoms with Crippen molar-refractivity contribution in [2.75, 3.05) is 47.3 Å². The van der Waals surface area contributed by atoms with Crippen molar-refractivity contribution in [3.8, 4) is 0 Å². The maximum atomic E-state index is 3.43. The highest BCUT2D eigenvalue weighted by atomic mass is 15.1. The fourth-order valence-electron chi connectivity index (χ4n) is 2.81. The molecular weight excluding hydrogens is 210 g/mol. The second kappa shape index (κ2) is 8.06. The topological polar surface area (TPSA) is 18.5 Å². The smallest absolute Gasteiger partial charge is 0.0191 e. The van der Waals surface area contributed by atoms with Crippen LogP contribution in [-0.4, -0.2) is 63.2 Å². The van der Waals surface area contributed by atoms with Gasteiger partial charge in [0.2, 0.25) is 0 Å².